The normalized spacial score (nSPS) is 15.0. The molecule has 0 atom stereocenters. The van der Waals surface area contributed by atoms with Crippen molar-refractivity contribution in [2.75, 3.05) is 0 Å². The minimum Gasteiger partial charge on any atom is -0.507 e. The number of ether oxygens (including phenoxy) is 1. The molecule has 4 heterocycles. The number of pyridine rings is 1. The van der Waals surface area contributed by atoms with Crippen molar-refractivity contribution in [3.63, 3.8) is 0 Å². The van der Waals surface area contributed by atoms with Crippen LogP contribution in [0.3, 0.4) is 0 Å². The minimum atomic E-state index is -0.357. The third-order valence-corrected chi connectivity index (χ3v) is 10.4. The number of aromatic hydroxyl groups is 1. The third-order valence-electron chi connectivity index (χ3n) is 10.4. The molecule has 1 aliphatic rings. The van der Waals surface area contributed by atoms with Gasteiger partial charge in [0.25, 0.3) is 6.33 Å². The molecule has 9 rings (SSSR count). The number of hydrogen-bond acceptors (Lipinski definition) is 3. The molecule has 0 fully saturated rings. The smallest absolute Gasteiger partial charge is 0.269 e. The van der Waals surface area contributed by atoms with Crippen molar-refractivity contribution in [1.82, 2.24) is 14.0 Å². The first kappa shape index (κ1) is 26.8. The number of phenols is 1. The first-order chi connectivity index (χ1) is 22.3. The van der Waals surface area contributed by atoms with E-state index < -0.39 is 0 Å². The van der Waals surface area contributed by atoms with Crippen LogP contribution in [0, 0.1) is 6.33 Å². The Morgan fingerprint density at radius 1 is 0.761 bits per heavy atom. The Morgan fingerprint density at radius 2 is 1.50 bits per heavy atom. The summed E-state index contributed by atoms with van der Waals surface area (Å²) in [5.74, 6) is 1.42. The molecule has 3 aromatic heterocycles. The van der Waals surface area contributed by atoms with Crippen LogP contribution < -0.4 is 9.30 Å². The number of aromatic nitrogens is 4. The van der Waals surface area contributed by atoms with E-state index in [1.165, 1.54) is 5.56 Å². The Bertz CT molecular complexity index is 2520. The summed E-state index contributed by atoms with van der Waals surface area (Å²) in [6.07, 6.45) is 3.57. The van der Waals surface area contributed by atoms with Crippen LogP contribution in [0.25, 0.3) is 49.7 Å². The van der Waals surface area contributed by atoms with E-state index in [1.54, 1.807) is 6.07 Å². The van der Waals surface area contributed by atoms with Crippen LogP contribution in [0.2, 0.25) is 0 Å². The average molecular weight is 601 g/mol. The summed E-state index contributed by atoms with van der Waals surface area (Å²) in [5, 5.41) is 14.0. The molecule has 0 aliphatic carbocycles. The second-order valence-corrected chi connectivity index (χ2v) is 13.3. The maximum atomic E-state index is 11.2. The molecule has 5 aromatic carbocycles. The summed E-state index contributed by atoms with van der Waals surface area (Å²) in [4.78, 5) is 5.17. The highest BCUT2D eigenvalue weighted by atomic mass is 16.5. The first-order valence-electron chi connectivity index (χ1n) is 15.6. The van der Waals surface area contributed by atoms with Crippen LogP contribution in [-0.4, -0.2) is 19.1 Å². The molecule has 8 aromatic rings. The molecule has 0 radical (unpaired) electrons. The molecule has 0 bridgehead atoms. The summed E-state index contributed by atoms with van der Waals surface area (Å²) in [5.41, 5.74) is 7.54. The van der Waals surface area contributed by atoms with Crippen LogP contribution in [0.4, 0.5) is 0 Å². The van der Waals surface area contributed by atoms with Gasteiger partial charge in [-0.25, -0.2) is 0 Å². The second kappa shape index (κ2) is 9.21. The molecule has 6 heteroatoms. The van der Waals surface area contributed by atoms with E-state index in [1.807, 2.05) is 54.6 Å². The fraction of sp³-hybridized carbons (Fsp3) is 0.150. The van der Waals surface area contributed by atoms with E-state index in [9.17, 15) is 5.11 Å². The van der Waals surface area contributed by atoms with Gasteiger partial charge < -0.3 is 9.84 Å². The van der Waals surface area contributed by atoms with Crippen molar-refractivity contribution < 1.29 is 14.4 Å². The maximum Gasteiger partial charge on any atom is 0.269 e. The topological polar surface area (TPSA) is 55.6 Å². The fourth-order valence-corrected chi connectivity index (χ4v) is 7.36. The third kappa shape index (κ3) is 3.47. The molecule has 1 aliphatic heterocycles. The molecule has 0 spiro atoms. The highest BCUT2D eigenvalue weighted by Crippen LogP contribution is 2.54. The van der Waals surface area contributed by atoms with Crippen molar-refractivity contribution in [1.29, 1.82) is 0 Å². The Kier molecular flexibility index (Phi) is 5.35. The van der Waals surface area contributed by atoms with Gasteiger partial charge in [0.2, 0.25) is 5.88 Å². The van der Waals surface area contributed by atoms with Gasteiger partial charge >= 0.3 is 0 Å². The van der Waals surface area contributed by atoms with Gasteiger partial charge in [-0.2, -0.15) is 4.98 Å². The number of benzene rings is 5. The maximum absolute atomic E-state index is 11.2. The van der Waals surface area contributed by atoms with Gasteiger partial charge in [-0.05, 0) is 47.3 Å². The molecule has 6 nitrogen and oxygen atoms in total. The lowest BCUT2D eigenvalue weighted by Crippen LogP contribution is -2.44. The molecule has 1 N–H and O–H groups in total. The number of hydrogen-bond donors (Lipinski definition) is 1. The highest BCUT2D eigenvalue weighted by molar-refractivity contribution is 6.15. The lowest BCUT2D eigenvalue weighted by atomic mass is 9.60. The van der Waals surface area contributed by atoms with E-state index in [0.717, 1.165) is 49.8 Å². The van der Waals surface area contributed by atoms with E-state index in [4.69, 9.17) is 9.72 Å². The molecular formula is C40H32N4O2. The number of rotatable bonds is 4. The number of para-hydroxylation sites is 4. The molecule has 0 saturated carbocycles. The Balaban J connectivity index is 1.26. The van der Waals surface area contributed by atoms with Crippen molar-refractivity contribution in [2.45, 2.75) is 38.5 Å². The molecular weight excluding hydrogens is 568 g/mol. The summed E-state index contributed by atoms with van der Waals surface area (Å²) >= 11 is 0. The lowest BCUT2D eigenvalue weighted by Gasteiger charge is -2.45. The SMILES string of the molecule is CC1(C)c2cccc3c4cccc(O)c4c4nc(Oc5cccc(-n6[c-][n+](-c7ccccc7)c7ccccc76)c5)c(n4c23)C1(C)C. The Labute approximate surface area is 266 Å². The first-order valence-corrected chi connectivity index (χ1v) is 15.6. The number of phenolic OH excluding ortho intramolecular Hbond substituents is 1. The zero-order valence-corrected chi connectivity index (χ0v) is 26.1. The largest absolute Gasteiger partial charge is 0.507 e. The number of fused-ring (bicyclic) bond motifs is 4. The second-order valence-electron chi connectivity index (χ2n) is 13.3. The number of imidazole rings is 2. The van der Waals surface area contributed by atoms with Gasteiger partial charge in [-0.3, -0.25) is 13.5 Å². The summed E-state index contributed by atoms with van der Waals surface area (Å²) in [7, 11) is 0. The van der Waals surface area contributed by atoms with Crippen molar-refractivity contribution in [2.24, 2.45) is 0 Å². The van der Waals surface area contributed by atoms with Gasteiger partial charge in [-0.15, -0.1) is 0 Å². The van der Waals surface area contributed by atoms with Gasteiger partial charge in [0, 0.05) is 16.2 Å². The van der Waals surface area contributed by atoms with E-state index >= 15 is 0 Å². The van der Waals surface area contributed by atoms with Crippen LogP contribution in [0.5, 0.6) is 17.4 Å². The Morgan fingerprint density at radius 3 is 2.35 bits per heavy atom. The van der Waals surface area contributed by atoms with Crippen LogP contribution in [0.1, 0.15) is 39.0 Å². The molecule has 46 heavy (non-hydrogen) atoms. The number of nitrogens with zero attached hydrogens (tertiary/aromatic N) is 4. The van der Waals surface area contributed by atoms with Gasteiger partial charge in [-0.1, -0.05) is 107 Å². The van der Waals surface area contributed by atoms with E-state index in [2.05, 4.69) is 102 Å². The molecule has 0 amide bonds. The van der Waals surface area contributed by atoms with Gasteiger partial charge in [0.05, 0.1) is 39.0 Å². The predicted octanol–water partition coefficient (Wildman–Crippen LogP) is 8.73. The van der Waals surface area contributed by atoms with Crippen molar-refractivity contribution in [3.8, 4) is 28.8 Å². The van der Waals surface area contributed by atoms with E-state index in [-0.39, 0.29) is 16.6 Å². The molecule has 0 saturated heterocycles. The van der Waals surface area contributed by atoms with Gasteiger partial charge in [0.1, 0.15) is 11.5 Å². The molecule has 224 valence electrons. The molecule has 0 unspecified atom stereocenters. The van der Waals surface area contributed by atoms with Crippen molar-refractivity contribution >= 4 is 38.4 Å². The Hall–Kier alpha value is -5.62. The average Bonchev–Trinajstić information content (AvgIpc) is 3.64. The lowest BCUT2D eigenvalue weighted by molar-refractivity contribution is -0.572. The predicted molar refractivity (Wildman–Crippen MR) is 182 cm³/mol. The van der Waals surface area contributed by atoms with Crippen LogP contribution in [0.15, 0.2) is 115 Å². The fourth-order valence-electron chi connectivity index (χ4n) is 7.36. The summed E-state index contributed by atoms with van der Waals surface area (Å²) < 4.78 is 13.2. The standard InChI is InChI=1S/C40H32N4O2/c1-39(2)30-19-11-18-29-28-17-12-22-33(45)34(28)37-41-38(36(40(39,3)4)44(37)35(29)30)46-27-16-10-15-26(23-27)43-24-42(25-13-6-5-7-14-25)31-20-8-9-21-32(31)43/h5-23,45H,1-4H3. The van der Waals surface area contributed by atoms with Gasteiger partial charge in [0.15, 0.2) is 5.65 Å². The van der Waals surface area contributed by atoms with Crippen LogP contribution in [-0.2, 0) is 10.8 Å². The highest BCUT2D eigenvalue weighted by Gasteiger charge is 2.48. The zero-order chi connectivity index (χ0) is 31.4. The van der Waals surface area contributed by atoms with Crippen molar-refractivity contribution in [3.05, 3.63) is 133 Å². The summed E-state index contributed by atoms with van der Waals surface area (Å²) in [6, 6.07) is 38.9. The van der Waals surface area contributed by atoms with Crippen LogP contribution >= 0.6 is 0 Å². The monoisotopic (exact) mass is 600 g/mol. The quantitative estimate of drug-likeness (QED) is 0.125. The minimum absolute atomic E-state index is 0.208. The zero-order valence-electron chi connectivity index (χ0n) is 26.1. The van der Waals surface area contributed by atoms with E-state index in [0.29, 0.717) is 17.3 Å². The summed E-state index contributed by atoms with van der Waals surface area (Å²) in [6.45, 7) is 9.13.